The molecule has 7 heteroatoms. The predicted octanol–water partition coefficient (Wildman–Crippen LogP) is 4.03. The quantitative estimate of drug-likeness (QED) is 0.808. The molecule has 1 aliphatic rings. The summed E-state index contributed by atoms with van der Waals surface area (Å²) in [5, 5.41) is 0. The van der Waals surface area contributed by atoms with Crippen molar-refractivity contribution in [2.45, 2.75) is 25.4 Å². The molecular formula is C13H16BrF2NO2S. The first-order chi connectivity index (χ1) is 9.43. The second-order valence-electron chi connectivity index (χ2n) is 4.66. The third-order valence-corrected chi connectivity index (χ3v) is 6.26. The van der Waals surface area contributed by atoms with Crippen molar-refractivity contribution in [2.24, 2.45) is 4.36 Å². The van der Waals surface area contributed by atoms with Crippen molar-refractivity contribution in [2.75, 3.05) is 18.6 Å². The van der Waals surface area contributed by atoms with E-state index in [-0.39, 0.29) is 17.4 Å². The average Bonchev–Trinajstić information content (AvgIpc) is 2.43. The van der Waals surface area contributed by atoms with Crippen LogP contribution in [0.4, 0.5) is 8.78 Å². The predicted molar refractivity (Wildman–Crippen MR) is 79.0 cm³/mol. The van der Waals surface area contributed by atoms with Crippen LogP contribution in [0.5, 0.6) is 5.75 Å². The first-order valence-corrected chi connectivity index (χ1v) is 8.93. The first kappa shape index (κ1) is 15.7. The molecule has 1 aromatic rings. The minimum Gasteiger partial charge on any atom is -0.490 e. The van der Waals surface area contributed by atoms with Crippen molar-refractivity contribution in [3.8, 4) is 5.75 Å². The van der Waals surface area contributed by atoms with Gasteiger partial charge in [-0.05, 0) is 31.0 Å². The maximum absolute atomic E-state index is 13.0. The molecule has 0 bridgehead atoms. The fourth-order valence-electron chi connectivity index (χ4n) is 2.15. The molecule has 0 aromatic heterocycles. The Labute approximate surface area is 126 Å². The fraction of sp³-hybridized carbons (Fsp3) is 0.538. The normalized spacial score (nSPS) is 26.6. The molecule has 0 aliphatic carbocycles. The van der Waals surface area contributed by atoms with Crippen LogP contribution in [0.25, 0.3) is 0 Å². The van der Waals surface area contributed by atoms with Crippen molar-refractivity contribution in [1.29, 1.82) is 0 Å². The smallest absolute Gasteiger partial charge is 0.267 e. The van der Waals surface area contributed by atoms with Crippen molar-refractivity contribution in [1.82, 2.24) is 0 Å². The van der Waals surface area contributed by atoms with Gasteiger partial charge in [-0.15, -0.1) is 0 Å². The van der Waals surface area contributed by atoms with Gasteiger partial charge >= 0.3 is 0 Å². The molecule has 0 unspecified atom stereocenters. The third-order valence-electron chi connectivity index (χ3n) is 3.35. The first-order valence-electron chi connectivity index (χ1n) is 6.28. The fourth-order valence-corrected chi connectivity index (χ4v) is 4.37. The lowest BCUT2D eigenvalue weighted by Gasteiger charge is -2.26. The van der Waals surface area contributed by atoms with Gasteiger partial charge in [0.1, 0.15) is 11.9 Å². The second-order valence-corrected chi connectivity index (χ2v) is 8.31. The third kappa shape index (κ3) is 3.69. The molecule has 0 radical (unpaired) electrons. The summed E-state index contributed by atoms with van der Waals surface area (Å²) < 4.78 is 48.2. The molecule has 0 saturated carbocycles. The number of hydrogen-bond donors (Lipinski definition) is 0. The molecule has 112 valence electrons. The lowest BCUT2D eigenvalue weighted by atomic mass is 10.2. The average molecular weight is 368 g/mol. The highest BCUT2D eigenvalue weighted by Gasteiger charge is 2.25. The monoisotopic (exact) mass is 367 g/mol. The zero-order valence-electron chi connectivity index (χ0n) is 11.0. The molecule has 1 fully saturated rings. The summed E-state index contributed by atoms with van der Waals surface area (Å²) in [5.41, 5.74) is -0.120. The highest BCUT2D eigenvalue weighted by Crippen LogP contribution is 2.33. The van der Waals surface area contributed by atoms with E-state index in [1.54, 1.807) is 19.2 Å². The number of halogens is 3. The number of hydrogen-bond acceptors (Lipinski definition) is 3. The Bertz CT molecular complexity index is 586. The summed E-state index contributed by atoms with van der Waals surface area (Å²) in [6.45, 7) is 0. The van der Waals surface area contributed by atoms with Crippen molar-refractivity contribution >= 4 is 25.7 Å². The summed E-state index contributed by atoms with van der Waals surface area (Å²) in [6, 6.07) is 4.59. The maximum Gasteiger partial charge on any atom is 0.267 e. The van der Waals surface area contributed by atoms with Gasteiger partial charge in [0.15, 0.2) is 0 Å². The van der Waals surface area contributed by atoms with Gasteiger partial charge < -0.3 is 4.74 Å². The molecule has 3 nitrogen and oxygen atoms in total. The Balaban J connectivity index is 2.10. The highest BCUT2D eigenvalue weighted by atomic mass is 79.9. The van der Waals surface area contributed by atoms with Crippen LogP contribution in [0.2, 0.25) is 0 Å². The minimum absolute atomic E-state index is 0.120. The van der Waals surface area contributed by atoms with Crippen LogP contribution in [0, 0.1) is 0 Å². The van der Waals surface area contributed by atoms with E-state index in [4.69, 9.17) is 4.74 Å². The summed E-state index contributed by atoms with van der Waals surface area (Å²) >= 11 is 3.17. The molecule has 20 heavy (non-hydrogen) atoms. The van der Waals surface area contributed by atoms with Crippen LogP contribution in [0.15, 0.2) is 27.0 Å². The molecule has 1 heterocycles. The lowest BCUT2D eigenvalue weighted by Crippen LogP contribution is -2.30. The molecule has 0 N–H and O–H groups in total. The number of nitrogens with zero attached hydrogens (tertiary/aromatic N) is 1. The number of rotatable bonds is 3. The zero-order valence-corrected chi connectivity index (χ0v) is 13.4. The van der Waals surface area contributed by atoms with Crippen molar-refractivity contribution < 1.29 is 17.7 Å². The Morgan fingerprint density at radius 1 is 1.40 bits per heavy atom. The van der Waals surface area contributed by atoms with E-state index in [0.717, 1.165) is 0 Å². The van der Waals surface area contributed by atoms with Crippen LogP contribution in [-0.4, -0.2) is 28.9 Å². The highest BCUT2D eigenvalue weighted by molar-refractivity contribution is 9.10. The van der Waals surface area contributed by atoms with Gasteiger partial charge in [0.05, 0.1) is 5.56 Å². The Hall–Kier alpha value is -0.690. The van der Waals surface area contributed by atoms with Gasteiger partial charge in [-0.25, -0.2) is 17.4 Å². The number of alkyl halides is 2. The molecule has 1 saturated heterocycles. The molecule has 1 aliphatic heterocycles. The maximum atomic E-state index is 13.0. The molecule has 0 amide bonds. The van der Waals surface area contributed by atoms with Gasteiger partial charge in [0.2, 0.25) is 0 Å². The van der Waals surface area contributed by atoms with E-state index >= 15 is 0 Å². The van der Waals surface area contributed by atoms with Crippen molar-refractivity contribution in [3.63, 3.8) is 0 Å². The Morgan fingerprint density at radius 2 is 2.05 bits per heavy atom. The van der Waals surface area contributed by atoms with Crippen molar-refractivity contribution in [3.05, 3.63) is 28.2 Å². The molecule has 0 atom stereocenters. The van der Waals surface area contributed by atoms with Crippen LogP contribution >= 0.6 is 15.9 Å². The second kappa shape index (κ2) is 6.39. The van der Waals surface area contributed by atoms with Gasteiger partial charge in [0.25, 0.3) is 6.43 Å². The number of benzene rings is 1. The Kier molecular flexibility index (Phi) is 5.01. The van der Waals surface area contributed by atoms with Crippen LogP contribution in [0.1, 0.15) is 24.8 Å². The molecule has 0 spiro atoms. The zero-order chi connectivity index (χ0) is 14.8. The van der Waals surface area contributed by atoms with Crippen LogP contribution in [-0.2, 0) is 9.73 Å². The lowest BCUT2D eigenvalue weighted by molar-refractivity contribution is 0.134. The summed E-state index contributed by atoms with van der Waals surface area (Å²) in [7, 11) is -0.535. The van der Waals surface area contributed by atoms with E-state index in [2.05, 4.69) is 20.3 Å². The standard InChI is InChI=1S/C13H16BrF2NO2S/c1-17-20(18)6-4-10(5-7-20)19-12-3-2-9(14)8-11(12)13(15)16/h2-3,8,10,13H,4-7H2,1H3. The number of ether oxygens (including phenoxy) is 1. The van der Waals surface area contributed by atoms with E-state index in [0.29, 0.717) is 28.8 Å². The van der Waals surface area contributed by atoms with E-state index in [1.807, 2.05) is 0 Å². The van der Waals surface area contributed by atoms with Crippen LogP contribution < -0.4 is 4.74 Å². The summed E-state index contributed by atoms with van der Waals surface area (Å²) in [5.74, 6) is 1.14. The van der Waals surface area contributed by atoms with Crippen LogP contribution in [0.3, 0.4) is 0 Å². The van der Waals surface area contributed by atoms with Gasteiger partial charge in [-0.2, -0.15) is 0 Å². The van der Waals surface area contributed by atoms with Gasteiger partial charge in [0, 0.05) is 32.8 Å². The largest absolute Gasteiger partial charge is 0.490 e. The van der Waals surface area contributed by atoms with E-state index in [1.165, 1.54) is 6.07 Å². The molecule has 2 rings (SSSR count). The SMILES string of the molecule is CN=S1(=O)CCC(Oc2ccc(Br)cc2C(F)F)CC1. The minimum atomic E-state index is -2.58. The Morgan fingerprint density at radius 3 is 2.60 bits per heavy atom. The van der Waals surface area contributed by atoms with Gasteiger partial charge in [-0.1, -0.05) is 15.9 Å². The van der Waals surface area contributed by atoms with E-state index in [9.17, 15) is 13.0 Å². The van der Waals surface area contributed by atoms with E-state index < -0.39 is 16.2 Å². The molecule has 1 aromatic carbocycles. The summed E-state index contributed by atoms with van der Waals surface area (Å²) in [6.07, 6.45) is -1.60. The molecular weight excluding hydrogens is 352 g/mol. The topological polar surface area (TPSA) is 38.7 Å². The van der Waals surface area contributed by atoms with Gasteiger partial charge in [-0.3, -0.25) is 0 Å². The summed E-state index contributed by atoms with van der Waals surface area (Å²) in [4.78, 5) is 0.